The molecule has 1 aliphatic heterocycles. The summed E-state index contributed by atoms with van der Waals surface area (Å²) in [5, 5.41) is 3.38. The Morgan fingerprint density at radius 3 is 2.56 bits per heavy atom. The number of hydrogen-bond donors (Lipinski definition) is 1. The van der Waals surface area contributed by atoms with E-state index in [1.165, 1.54) is 11.8 Å². The monoisotopic (exact) mass is 482 g/mol. The molecule has 0 spiro atoms. The molecule has 1 amide bonds. The number of imidazole rings is 1. The van der Waals surface area contributed by atoms with Gasteiger partial charge in [-0.05, 0) is 63.2 Å². The van der Waals surface area contributed by atoms with Crippen molar-refractivity contribution in [3.8, 4) is 0 Å². The standard InChI is InChI=1S/C25H30N4O4S/c1-4-29-22-11-6-18(24(31)33-5-2)16-21(22)27-25(29)34-17(3)23(30)26-19-7-9-20(10-8-19)28-12-14-32-15-13-28/h6-11,16-17H,4-5,12-15H2,1-3H3,(H,26,30). The first kappa shape index (κ1) is 24.1. The van der Waals surface area contributed by atoms with Crippen LogP contribution in [0.4, 0.5) is 11.4 Å². The molecule has 180 valence electrons. The highest BCUT2D eigenvalue weighted by Gasteiger charge is 2.20. The molecule has 0 bridgehead atoms. The number of fused-ring (bicyclic) bond motifs is 1. The molecule has 1 atom stereocenters. The number of carbonyl (C=O) groups excluding carboxylic acids is 2. The highest BCUT2D eigenvalue weighted by Crippen LogP contribution is 2.29. The number of anilines is 2. The minimum atomic E-state index is -0.364. The van der Waals surface area contributed by atoms with E-state index in [0.29, 0.717) is 24.2 Å². The van der Waals surface area contributed by atoms with Gasteiger partial charge in [0.15, 0.2) is 5.16 Å². The number of amides is 1. The van der Waals surface area contributed by atoms with Crippen LogP contribution in [0.3, 0.4) is 0 Å². The molecule has 1 fully saturated rings. The third-order valence-corrected chi connectivity index (χ3v) is 6.79. The second kappa shape index (κ2) is 10.9. The molecular formula is C25H30N4O4S. The van der Waals surface area contributed by atoms with Gasteiger partial charge in [0.25, 0.3) is 0 Å². The van der Waals surface area contributed by atoms with Gasteiger partial charge in [-0.3, -0.25) is 4.79 Å². The molecule has 1 saturated heterocycles. The zero-order chi connectivity index (χ0) is 24.1. The van der Waals surface area contributed by atoms with Crippen LogP contribution < -0.4 is 10.2 Å². The van der Waals surface area contributed by atoms with E-state index in [0.717, 1.165) is 48.4 Å². The smallest absolute Gasteiger partial charge is 0.338 e. The molecule has 4 rings (SSSR count). The first-order valence-corrected chi connectivity index (χ1v) is 12.5. The van der Waals surface area contributed by atoms with Gasteiger partial charge in [0.1, 0.15) is 0 Å². The lowest BCUT2D eigenvalue weighted by Crippen LogP contribution is -2.36. The van der Waals surface area contributed by atoms with Crippen molar-refractivity contribution >= 4 is 46.0 Å². The number of rotatable bonds is 8. The maximum atomic E-state index is 12.9. The number of carbonyl (C=O) groups is 2. The third-order valence-electron chi connectivity index (χ3n) is 5.70. The number of aromatic nitrogens is 2. The number of ether oxygens (including phenoxy) is 2. The lowest BCUT2D eigenvalue weighted by Gasteiger charge is -2.28. The fourth-order valence-electron chi connectivity index (χ4n) is 3.88. The molecule has 1 N–H and O–H groups in total. The van der Waals surface area contributed by atoms with E-state index in [2.05, 4.69) is 14.8 Å². The van der Waals surface area contributed by atoms with Crippen LogP contribution in [0.2, 0.25) is 0 Å². The van der Waals surface area contributed by atoms with Gasteiger partial charge in [0, 0.05) is 31.0 Å². The van der Waals surface area contributed by atoms with Gasteiger partial charge in [-0.2, -0.15) is 0 Å². The van der Waals surface area contributed by atoms with Crippen LogP contribution in [0.5, 0.6) is 0 Å². The van der Waals surface area contributed by atoms with E-state index in [4.69, 9.17) is 14.5 Å². The number of esters is 1. The quantitative estimate of drug-likeness (QED) is 0.381. The molecule has 1 aliphatic rings. The highest BCUT2D eigenvalue weighted by molar-refractivity contribution is 8.00. The number of nitrogens with one attached hydrogen (secondary N) is 1. The average Bonchev–Trinajstić information content (AvgIpc) is 3.21. The topological polar surface area (TPSA) is 85.7 Å². The van der Waals surface area contributed by atoms with E-state index in [1.54, 1.807) is 19.1 Å². The van der Waals surface area contributed by atoms with E-state index >= 15 is 0 Å². The fourth-order valence-corrected chi connectivity index (χ4v) is 4.87. The zero-order valence-corrected chi connectivity index (χ0v) is 20.6. The summed E-state index contributed by atoms with van der Waals surface area (Å²) in [5.41, 5.74) is 3.99. The van der Waals surface area contributed by atoms with Gasteiger partial charge < -0.3 is 24.3 Å². The molecular weight excluding hydrogens is 452 g/mol. The Hall–Kier alpha value is -3.04. The number of aryl methyl sites for hydroxylation is 1. The summed E-state index contributed by atoms with van der Waals surface area (Å²) in [6.07, 6.45) is 0. The van der Waals surface area contributed by atoms with Crippen LogP contribution in [0.1, 0.15) is 31.1 Å². The minimum absolute atomic E-state index is 0.0916. The molecule has 0 aliphatic carbocycles. The maximum absolute atomic E-state index is 12.9. The van der Waals surface area contributed by atoms with Crippen molar-refractivity contribution < 1.29 is 19.1 Å². The Bertz CT molecular complexity index is 1160. The predicted octanol–water partition coefficient (Wildman–Crippen LogP) is 4.19. The van der Waals surface area contributed by atoms with E-state index in [-0.39, 0.29) is 17.1 Å². The summed E-state index contributed by atoms with van der Waals surface area (Å²) in [6.45, 7) is 9.93. The van der Waals surface area contributed by atoms with E-state index in [1.807, 2.05) is 44.2 Å². The van der Waals surface area contributed by atoms with Crippen LogP contribution >= 0.6 is 11.8 Å². The summed E-state index contributed by atoms with van der Waals surface area (Å²) >= 11 is 1.40. The van der Waals surface area contributed by atoms with Gasteiger partial charge in [-0.25, -0.2) is 9.78 Å². The lowest BCUT2D eigenvalue weighted by molar-refractivity contribution is -0.115. The molecule has 34 heavy (non-hydrogen) atoms. The summed E-state index contributed by atoms with van der Waals surface area (Å²) in [7, 11) is 0. The Morgan fingerprint density at radius 1 is 1.15 bits per heavy atom. The number of benzene rings is 2. The van der Waals surface area contributed by atoms with E-state index < -0.39 is 0 Å². The number of thioether (sulfide) groups is 1. The number of hydrogen-bond acceptors (Lipinski definition) is 7. The summed E-state index contributed by atoms with van der Waals surface area (Å²) in [6, 6.07) is 13.3. The first-order chi connectivity index (χ1) is 16.5. The van der Waals surface area contributed by atoms with Crippen molar-refractivity contribution in [2.75, 3.05) is 43.1 Å². The Labute approximate surface area is 203 Å². The normalized spacial score (nSPS) is 14.7. The zero-order valence-electron chi connectivity index (χ0n) is 19.7. The molecule has 3 aromatic rings. The molecule has 0 saturated carbocycles. The first-order valence-electron chi connectivity index (χ1n) is 11.6. The minimum Gasteiger partial charge on any atom is -0.462 e. The fraction of sp³-hybridized carbons (Fsp3) is 0.400. The van der Waals surface area contributed by atoms with Crippen molar-refractivity contribution in [3.05, 3.63) is 48.0 Å². The van der Waals surface area contributed by atoms with Crippen LogP contribution in [0, 0.1) is 0 Å². The van der Waals surface area contributed by atoms with Crippen LogP contribution in [0.25, 0.3) is 11.0 Å². The van der Waals surface area contributed by atoms with Crippen molar-refractivity contribution in [2.24, 2.45) is 0 Å². The van der Waals surface area contributed by atoms with Crippen LogP contribution in [0.15, 0.2) is 47.6 Å². The van der Waals surface area contributed by atoms with Gasteiger partial charge in [0.05, 0.1) is 41.7 Å². The van der Waals surface area contributed by atoms with Crippen LogP contribution in [-0.2, 0) is 20.8 Å². The summed E-state index contributed by atoms with van der Waals surface area (Å²) in [5.74, 6) is -0.455. The second-order valence-electron chi connectivity index (χ2n) is 7.96. The van der Waals surface area contributed by atoms with Crippen molar-refractivity contribution in [3.63, 3.8) is 0 Å². The Kier molecular flexibility index (Phi) is 7.74. The Balaban J connectivity index is 1.43. The third kappa shape index (κ3) is 5.37. The van der Waals surface area contributed by atoms with Crippen molar-refractivity contribution in [1.29, 1.82) is 0 Å². The molecule has 8 nitrogen and oxygen atoms in total. The van der Waals surface area contributed by atoms with Gasteiger partial charge in [0.2, 0.25) is 5.91 Å². The SMILES string of the molecule is CCOC(=O)c1ccc2c(c1)nc(SC(C)C(=O)Nc1ccc(N3CCOCC3)cc1)n2CC. The Morgan fingerprint density at radius 2 is 1.88 bits per heavy atom. The van der Waals surface area contributed by atoms with Gasteiger partial charge in [-0.1, -0.05) is 11.8 Å². The highest BCUT2D eigenvalue weighted by atomic mass is 32.2. The number of morpholine rings is 1. The van der Waals surface area contributed by atoms with Gasteiger partial charge >= 0.3 is 5.97 Å². The summed E-state index contributed by atoms with van der Waals surface area (Å²) in [4.78, 5) is 31.9. The molecule has 1 aromatic heterocycles. The molecule has 9 heteroatoms. The van der Waals surface area contributed by atoms with Crippen LogP contribution in [-0.4, -0.2) is 59.6 Å². The molecule has 1 unspecified atom stereocenters. The van der Waals surface area contributed by atoms with Gasteiger partial charge in [-0.15, -0.1) is 0 Å². The van der Waals surface area contributed by atoms with Crippen molar-refractivity contribution in [2.45, 2.75) is 37.7 Å². The maximum Gasteiger partial charge on any atom is 0.338 e. The number of nitrogens with zero attached hydrogens (tertiary/aromatic N) is 3. The van der Waals surface area contributed by atoms with E-state index in [9.17, 15) is 9.59 Å². The van der Waals surface area contributed by atoms with Crippen molar-refractivity contribution in [1.82, 2.24) is 9.55 Å². The summed E-state index contributed by atoms with van der Waals surface area (Å²) < 4.78 is 12.6. The molecule has 2 heterocycles. The predicted molar refractivity (Wildman–Crippen MR) is 135 cm³/mol. The largest absolute Gasteiger partial charge is 0.462 e. The molecule has 2 aromatic carbocycles. The second-order valence-corrected chi connectivity index (χ2v) is 9.27. The lowest BCUT2D eigenvalue weighted by atomic mass is 10.2. The molecule has 0 radical (unpaired) electrons. The average molecular weight is 483 g/mol.